The molecular formula is C18H20F2O. The van der Waals surface area contributed by atoms with E-state index in [1.165, 1.54) is 0 Å². The Morgan fingerprint density at radius 3 is 2.62 bits per heavy atom. The Bertz CT molecular complexity index is 542. The Kier molecular flexibility index (Phi) is 5.45. The predicted octanol–water partition coefficient (Wildman–Crippen LogP) is 5.37. The van der Waals surface area contributed by atoms with Crippen molar-refractivity contribution in [3.63, 3.8) is 0 Å². The van der Waals surface area contributed by atoms with E-state index in [0.29, 0.717) is 13.0 Å². The first kappa shape index (κ1) is 15.6. The van der Waals surface area contributed by atoms with Crippen LogP contribution in [0.15, 0.2) is 60.7 Å². The first-order valence-electron chi connectivity index (χ1n) is 7.28. The van der Waals surface area contributed by atoms with Crippen molar-refractivity contribution in [2.45, 2.75) is 31.8 Å². The SMILES string of the molecule is CCCCOC1(C=C(F)F)C=CC(c2ccccc2)=CC1. The van der Waals surface area contributed by atoms with Crippen LogP contribution in [0.25, 0.3) is 5.57 Å². The second kappa shape index (κ2) is 7.32. The van der Waals surface area contributed by atoms with Crippen LogP contribution in [-0.2, 0) is 4.74 Å². The van der Waals surface area contributed by atoms with Crippen molar-refractivity contribution in [2.24, 2.45) is 0 Å². The molecule has 0 N–H and O–H groups in total. The zero-order valence-electron chi connectivity index (χ0n) is 12.2. The third-order valence-corrected chi connectivity index (χ3v) is 3.52. The Hall–Kier alpha value is -1.74. The molecule has 0 aromatic heterocycles. The largest absolute Gasteiger partial charge is 0.366 e. The molecule has 1 atom stereocenters. The van der Waals surface area contributed by atoms with Crippen LogP contribution in [-0.4, -0.2) is 12.2 Å². The topological polar surface area (TPSA) is 9.23 Å². The van der Waals surface area contributed by atoms with Gasteiger partial charge < -0.3 is 4.74 Å². The van der Waals surface area contributed by atoms with E-state index < -0.39 is 11.7 Å². The van der Waals surface area contributed by atoms with Crippen LogP contribution in [0.1, 0.15) is 31.7 Å². The molecule has 0 saturated heterocycles. The Balaban J connectivity index is 2.15. The van der Waals surface area contributed by atoms with Gasteiger partial charge in [0, 0.05) is 19.1 Å². The number of hydrogen-bond donors (Lipinski definition) is 0. The normalized spacial score (nSPS) is 21.0. The van der Waals surface area contributed by atoms with E-state index in [9.17, 15) is 8.78 Å². The van der Waals surface area contributed by atoms with Gasteiger partial charge in [-0.15, -0.1) is 0 Å². The molecular weight excluding hydrogens is 270 g/mol. The van der Waals surface area contributed by atoms with Crippen molar-refractivity contribution >= 4 is 5.57 Å². The van der Waals surface area contributed by atoms with E-state index >= 15 is 0 Å². The van der Waals surface area contributed by atoms with Gasteiger partial charge in [0.25, 0.3) is 6.08 Å². The molecule has 1 aliphatic rings. The molecule has 0 aliphatic heterocycles. The van der Waals surface area contributed by atoms with Gasteiger partial charge in [0.15, 0.2) is 0 Å². The minimum Gasteiger partial charge on any atom is -0.366 e. The smallest absolute Gasteiger partial charge is 0.269 e. The van der Waals surface area contributed by atoms with Crippen molar-refractivity contribution in [1.82, 2.24) is 0 Å². The molecule has 2 rings (SSSR count). The molecule has 1 aliphatic carbocycles. The summed E-state index contributed by atoms with van der Waals surface area (Å²) in [6.45, 7) is 2.53. The van der Waals surface area contributed by atoms with Crippen molar-refractivity contribution in [3.05, 3.63) is 66.3 Å². The van der Waals surface area contributed by atoms with Crippen LogP contribution >= 0.6 is 0 Å². The number of unbranched alkanes of at least 4 members (excludes halogenated alkanes) is 1. The molecule has 0 fully saturated rings. The number of benzene rings is 1. The standard InChI is InChI=1S/C18H20F2O/c1-2-3-13-21-18(14-17(19)20)11-9-16(10-12-18)15-7-5-4-6-8-15/h4-11,14H,2-3,12-13H2,1H3. The molecule has 1 aromatic rings. The van der Waals surface area contributed by atoms with E-state index in [1.807, 2.05) is 49.4 Å². The maximum absolute atomic E-state index is 12.7. The van der Waals surface area contributed by atoms with Gasteiger partial charge in [0.1, 0.15) is 5.60 Å². The van der Waals surface area contributed by atoms with Gasteiger partial charge >= 0.3 is 0 Å². The average Bonchev–Trinajstić information content (AvgIpc) is 2.48. The highest BCUT2D eigenvalue weighted by atomic mass is 19.3. The highest BCUT2D eigenvalue weighted by molar-refractivity contribution is 5.75. The number of ether oxygens (including phenoxy) is 1. The van der Waals surface area contributed by atoms with E-state index in [2.05, 4.69) is 0 Å². The van der Waals surface area contributed by atoms with Crippen molar-refractivity contribution in [2.75, 3.05) is 6.61 Å². The molecule has 112 valence electrons. The van der Waals surface area contributed by atoms with Crippen LogP contribution in [0.4, 0.5) is 8.78 Å². The van der Waals surface area contributed by atoms with Crippen molar-refractivity contribution in [1.29, 1.82) is 0 Å². The molecule has 0 radical (unpaired) electrons. The second-order valence-electron chi connectivity index (χ2n) is 5.15. The summed E-state index contributed by atoms with van der Waals surface area (Å²) in [5, 5.41) is 0. The lowest BCUT2D eigenvalue weighted by Crippen LogP contribution is -2.29. The van der Waals surface area contributed by atoms with Gasteiger partial charge in [-0.1, -0.05) is 55.8 Å². The molecule has 1 aromatic carbocycles. The third kappa shape index (κ3) is 4.36. The summed E-state index contributed by atoms with van der Waals surface area (Å²) in [5.41, 5.74) is 1.12. The summed E-state index contributed by atoms with van der Waals surface area (Å²) in [7, 11) is 0. The minimum absolute atomic E-state index is 0.425. The van der Waals surface area contributed by atoms with Crippen molar-refractivity contribution < 1.29 is 13.5 Å². The fourth-order valence-corrected chi connectivity index (χ4v) is 2.33. The number of allylic oxidation sites excluding steroid dienone is 2. The van der Waals surface area contributed by atoms with Gasteiger partial charge in [0.05, 0.1) is 0 Å². The molecule has 0 saturated carbocycles. The predicted molar refractivity (Wildman–Crippen MR) is 82.1 cm³/mol. The highest BCUT2D eigenvalue weighted by Crippen LogP contribution is 2.32. The van der Waals surface area contributed by atoms with Crippen LogP contribution in [0, 0.1) is 0 Å². The van der Waals surface area contributed by atoms with Crippen LogP contribution in [0.2, 0.25) is 0 Å². The van der Waals surface area contributed by atoms with E-state index in [-0.39, 0.29) is 0 Å². The summed E-state index contributed by atoms with van der Waals surface area (Å²) in [4.78, 5) is 0. The van der Waals surface area contributed by atoms with Crippen molar-refractivity contribution in [3.8, 4) is 0 Å². The monoisotopic (exact) mass is 290 g/mol. The van der Waals surface area contributed by atoms with E-state index in [0.717, 1.165) is 30.1 Å². The molecule has 0 amide bonds. The fourth-order valence-electron chi connectivity index (χ4n) is 2.33. The quantitative estimate of drug-likeness (QED) is 0.640. The van der Waals surface area contributed by atoms with Crippen LogP contribution in [0.3, 0.4) is 0 Å². The number of rotatable bonds is 6. The van der Waals surface area contributed by atoms with Gasteiger partial charge in [0.2, 0.25) is 0 Å². The molecule has 1 unspecified atom stereocenters. The molecule has 21 heavy (non-hydrogen) atoms. The second-order valence-corrected chi connectivity index (χ2v) is 5.15. The molecule has 0 bridgehead atoms. The molecule has 3 heteroatoms. The molecule has 0 spiro atoms. The lowest BCUT2D eigenvalue weighted by molar-refractivity contribution is 0.0247. The summed E-state index contributed by atoms with van der Waals surface area (Å²) >= 11 is 0. The minimum atomic E-state index is -1.70. The molecule has 0 heterocycles. The Morgan fingerprint density at radius 2 is 2.05 bits per heavy atom. The zero-order valence-corrected chi connectivity index (χ0v) is 12.2. The summed E-state index contributed by atoms with van der Waals surface area (Å²) in [6.07, 6.45) is 7.05. The highest BCUT2D eigenvalue weighted by Gasteiger charge is 2.28. The van der Waals surface area contributed by atoms with Crippen LogP contribution in [0.5, 0.6) is 0 Å². The van der Waals surface area contributed by atoms with Crippen LogP contribution < -0.4 is 0 Å². The number of hydrogen-bond acceptors (Lipinski definition) is 1. The summed E-state index contributed by atoms with van der Waals surface area (Å²) in [6, 6.07) is 9.89. The third-order valence-electron chi connectivity index (χ3n) is 3.52. The Morgan fingerprint density at radius 1 is 1.29 bits per heavy atom. The maximum atomic E-state index is 12.7. The average molecular weight is 290 g/mol. The summed E-state index contributed by atoms with van der Waals surface area (Å²) in [5.74, 6) is 0. The van der Waals surface area contributed by atoms with Gasteiger partial charge in [-0.05, 0) is 23.6 Å². The van der Waals surface area contributed by atoms with E-state index in [4.69, 9.17) is 4.74 Å². The Labute approximate surface area is 124 Å². The first-order valence-corrected chi connectivity index (χ1v) is 7.28. The maximum Gasteiger partial charge on any atom is 0.269 e. The lowest BCUT2D eigenvalue weighted by atomic mass is 9.89. The summed E-state index contributed by atoms with van der Waals surface area (Å²) < 4.78 is 31.2. The zero-order chi connectivity index (χ0) is 15.1. The van der Waals surface area contributed by atoms with Gasteiger partial charge in [-0.25, -0.2) is 0 Å². The fraction of sp³-hybridized carbons (Fsp3) is 0.333. The van der Waals surface area contributed by atoms with Gasteiger partial charge in [-0.3, -0.25) is 0 Å². The number of halogens is 2. The van der Waals surface area contributed by atoms with Gasteiger partial charge in [-0.2, -0.15) is 8.78 Å². The lowest BCUT2D eigenvalue weighted by Gasteiger charge is -2.29. The van der Waals surface area contributed by atoms with E-state index in [1.54, 1.807) is 6.08 Å². The molecule has 1 nitrogen and oxygen atoms in total. The first-order chi connectivity index (χ1) is 10.2.